The van der Waals surface area contributed by atoms with Crippen LogP contribution in [0.3, 0.4) is 0 Å². The Morgan fingerprint density at radius 1 is 1.18 bits per heavy atom. The third-order valence-corrected chi connectivity index (χ3v) is 0.755. The van der Waals surface area contributed by atoms with E-state index in [1.54, 1.807) is 0 Å². The molecule has 70 valence electrons. The molecule has 0 aliphatic rings. The predicted molar refractivity (Wildman–Crippen MR) is 45.6 cm³/mol. The maximum Gasteiger partial charge on any atom is 0.0662 e. The summed E-state index contributed by atoms with van der Waals surface area (Å²) in [6, 6.07) is 0. The summed E-state index contributed by atoms with van der Waals surface area (Å²) in [5.74, 6) is 0. The van der Waals surface area contributed by atoms with Crippen molar-refractivity contribution in [3.8, 4) is 0 Å². The zero-order chi connectivity index (χ0) is 9.11. The Kier molecular flexibility index (Phi) is 15.4. The molecule has 0 unspecified atom stereocenters. The summed E-state index contributed by atoms with van der Waals surface area (Å²) in [5.41, 5.74) is 0. The Bertz CT molecular complexity index is 53.3. The van der Waals surface area contributed by atoms with E-state index in [1.165, 1.54) is 0 Å². The molecule has 0 heterocycles. The largest absolute Gasteiger partial charge is 0.394 e. The third-order valence-electron chi connectivity index (χ3n) is 0.755. The van der Waals surface area contributed by atoms with Crippen LogP contribution in [0.5, 0.6) is 0 Å². The van der Waals surface area contributed by atoms with Crippen LogP contribution < -0.4 is 0 Å². The summed E-state index contributed by atoms with van der Waals surface area (Å²) in [5, 5.41) is 15.2. The Hall–Kier alpha value is -0.120. The van der Waals surface area contributed by atoms with Crippen molar-refractivity contribution >= 4 is 0 Å². The quantitative estimate of drug-likeness (QED) is 0.646. The van der Waals surface area contributed by atoms with Crippen LogP contribution in [-0.4, -0.2) is 36.1 Å². The van der Waals surface area contributed by atoms with Crippen molar-refractivity contribution in [2.24, 2.45) is 0 Å². The fraction of sp³-hybridized carbons (Fsp3) is 1.00. The van der Waals surface area contributed by atoms with Gasteiger partial charge in [-0.25, -0.2) is 0 Å². The molecular weight excluding hydrogens is 144 g/mol. The molecule has 0 amide bonds. The molecule has 0 fully saturated rings. The highest BCUT2D eigenvalue weighted by Gasteiger charge is 1.86. The molecule has 11 heavy (non-hydrogen) atoms. The van der Waals surface area contributed by atoms with Gasteiger partial charge in [0.25, 0.3) is 0 Å². The molecular formula is C8H20O3. The monoisotopic (exact) mass is 164 g/mol. The number of aliphatic hydroxyl groups is 2. The Morgan fingerprint density at radius 3 is 1.73 bits per heavy atom. The Morgan fingerprint density at radius 2 is 1.64 bits per heavy atom. The van der Waals surface area contributed by atoms with Gasteiger partial charge < -0.3 is 14.9 Å². The topological polar surface area (TPSA) is 49.7 Å². The van der Waals surface area contributed by atoms with Crippen LogP contribution in [0.4, 0.5) is 0 Å². The molecule has 0 bridgehead atoms. The lowest BCUT2D eigenvalue weighted by Gasteiger charge is -2.03. The summed E-state index contributed by atoms with van der Waals surface area (Å²) in [4.78, 5) is 0. The van der Waals surface area contributed by atoms with Crippen molar-refractivity contribution in [3.63, 3.8) is 0 Å². The van der Waals surface area contributed by atoms with E-state index in [2.05, 4.69) is 20.8 Å². The molecule has 0 aromatic heterocycles. The van der Waals surface area contributed by atoms with Gasteiger partial charge >= 0.3 is 0 Å². The highest BCUT2D eigenvalue weighted by molar-refractivity contribution is 4.33. The van der Waals surface area contributed by atoms with Gasteiger partial charge in [0, 0.05) is 6.61 Å². The smallest absolute Gasteiger partial charge is 0.0662 e. The maximum absolute atomic E-state index is 7.62. The summed E-state index contributed by atoms with van der Waals surface area (Å²) >= 11 is 0. The van der Waals surface area contributed by atoms with E-state index >= 15 is 0 Å². The van der Waals surface area contributed by atoms with Gasteiger partial charge in [-0.05, 0) is 20.3 Å². The molecule has 0 aliphatic carbocycles. The van der Waals surface area contributed by atoms with E-state index in [9.17, 15) is 0 Å². The van der Waals surface area contributed by atoms with E-state index in [4.69, 9.17) is 14.9 Å². The molecule has 2 N–H and O–H groups in total. The van der Waals surface area contributed by atoms with Crippen molar-refractivity contribution in [1.82, 2.24) is 0 Å². The van der Waals surface area contributed by atoms with Crippen LogP contribution in [0, 0.1) is 0 Å². The lowest BCUT2D eigenvalue weighted by molar-refractivity contribution is 0.0794. The van der Waals surface area contributed by atoms with Gasteiger partial charge in [0.2, 0.25) is 0 Å². The van der Waals surface area contributed by atoms with E-state index in [0.29, 0.717) is 6.10 Å². The average molecular weight is 164 g/mol. The number of hydrogen-bond donors (Lipinski definition) is 2. The molecule has 3 heteroatoms. The van der Waals surface area contributed by atoms with Crippen LogP contribution in [0.15, 0.2) is 0 Å². The lowest BCUT2D eigenvalue weighted by atomic mass is 10.4. The van der Waals surface area contributed by atoms with E-state index in [1.807, 2.05) is 0 Å². The Labute approximate surface area is 69.0 Å². The van der Waals surface area contributed by atoms with Crippen molar-refractivity contribution < 1.29 is 14.9 Å². The van der Waals surface area contributed by atoms with Gasteiger partial charge in [-0.15, -0.1) is 0 Å². The molecule has 0 radical (unpaired) electrons. The van der Waals surface area contributed by atoms with Crippen LogP contribution in [0.25, 0.3) is 0 Å². The number of rotatable bonds is 4. The Balaban J connectivity index is 0. The molecule has 0 saturated heterocycles. The minimum Gasteiger partial charge on any atom is -0.394 e. The van der Waals surface area contributed by atoms with Crippen molar-refractivity contribution in [3.05, 3.63) is 0 Å². The third kappa shape index (κ3) is 25.8. The van der Waals surface area contributed by atoms with Gasteiger partial charge in [-0.1, -0.05) is 6.92 Å². The predicted octanol–water partition coefficient (Wildman–Crippen LogP) is 0.792. The summed E-state index contributed by atoms with van der Waals surface area (Å²) in [6.45, 7) is 6.87. The molecule has 0 aromatic rings. The second-order valence-corrected chi connectivity index (χ2v) is 2.37. The van der Waals surface area contributed by atoms with Crippen LogP contribution in [0.2, 0.25) is 0 Å². The first kappa shape index (κ1) is 13.5. The summed E-state index contributed by atoms with van der Waals surface area (Å²) in [6.07, 6.45) is 1.53. The van der Waals surface area contributed by atoms with E-state index in [0.717, 1.165) is 13.0 Å². The zero-order valence-electron chi connectivity index (χ0n) is 7.71. The molecule has 0 saturated carbocycles. The molecule has 0 spiro atoms. The summed E-state index contributed by atoms with van der Waals surface area (Å²) < 4.78 is 5.19. The fourth-order valence-corrected chi connectivity index (χ4v) is 0.354. The second kappa shape index (κ2) is 12.5. The second-order valence-electron chi connectivity index (χ2n) is 2.37. The standard InChI is InChI=1S/C6H14O.C2H6O2/c1-4-5-7-6(2)3;3-1-2-4/h6H,4-5H2,1-3H3;3-4H,1-2H2. The summed E-state index contributed by atoms with van der Waals surface area (Å²) in [7, 11) is 0. The first-order valence-electron chi connectivity index (χ1n) is 4.02. The highest BCUT2D eigenvalue weighted by Crippen LogP contribution is 1.87. The van der Waals surface area contributed by atoms with Gasteiger partial charge in [0.15, 0.2) is 0 Å². The van der Waals surface area contributed by atoms with Crippen molar-refractivity contribution in [1.29, 1.82) is 0 Å². The molecule has 0 aromatic carbocycles. The SMILES string of the molecule is CCCOC(C)C.OCCO. The fourth-order valence-electron chi connectivity index (χ4n) is 0.354. The van der Waals surface area contributed by atoms with Crippen LogP contribution in [-0.2, 0) is 4.74 Å². The zero-order valence-corrected chi connectivity index (χ0v) is 7.71. The van der Waals surface area contributed by atoms with E-state index in [-0.39, 0.29) is 13.2 Å². The van der Waals surface area contributed by atoms with Gasteiger partial charge in [0.05, 0.1) is 19.3 Å². The van der Waals surface area contributed by atoms with E-state index < -0.39 is 0 Å². The highest BCUT2D eigenvalue weighted by atomic mass is 16.5. The number of ether oxygens (including phenoxy) is 1. The molecule has 0 atom stereocenters. The van der Waals surface area contributed by atoms with Gasteiger partial charge in [-0.2, -0.15) is 0 Å². The average Bonchev–Trinajstić information content (AvgIpc) is 2.01. The van der Waals surface area contributed by atoms with Crippen molar-refractivity contribution in [2.75, 3.05) is 19.8 Å². The van der Waals surface area contributed by atoms with Crippen molar-refractivity contribution in [2.45, 2.75) is 33.3 Å². The normalized spacial score (nSPS) is 9.27. The first-order valence-corrected chi connectivity index (χ1v) is 4.02. The molecule has 0 aliphatic heterocycles. The number of aliphatic hydroxyl groups excluding tert-OH is 2. The van der Waals surface area contributed by atoms with Gasteiger partial charge in [0.1, 0.15) is 0 Å². The maximum atomic E-state index is 7.62. The molecule has 3 nitrogen and oxygen atoms in total. The van der Waals surface area contributed by atoms with Crippen LogP contribution in [0.1, 0.15) is 27.2 Å². The minimum absolute atomic E-state index is 0.125. The van der Waals surface area contributed by atoms with Crippen LogP contribution >= 0.6 is 0 Å². The minimum atomic E-state index is -0.125. The first-order chi connectivity index (χ1) is 5.18. The lowest BCUT2D eigenvalue weighted by Crippen LogP contribution is -2.01. The number of hydrogen-bond acceptors (Lipinski definition) is 3. The van der Waals surface area contributed by atoms with Gasteiger partial charge in [-0.3, -0.25) is 0 Å². The molecule has 0 rings (SSSR count).